The number of nitrogens with one attached hydrogen (secondary N) is 2. The third kappa shape index (κ3) is 4.32. The van der Waals surface area contributed by atoms with Gasteiger partial charge in [-0.05, 0) is 18.6 Å². The highest BCUT2D eigenvalue weighted by Gasteiger charge is 2.17. The summed E-state index contributed by atoms with van der Waals surface area (Å²) >= 11 is 0. The maximum atomic E-state index is 11.9. The first-order valence-electron chi connectivity index (χ1n) is 7.01. The van der Waals surface area contributed by atoms with Gasteiger partial charge in [0.2, 0.25) is 11.8 Å². The van der Waals surface area contributed by atoms with E-state index in [0.29, 0.717) is 37.9 Å². The fourth-order valence-electron chi connectivity index (χ4n) is 2.06. The SMILES string of the molecule is COc1ncc(C)cc1NC(=O)NCC(=O)N1CCOCC1. The lowest BCUT2D eigenvalue weighted by molar-refractivity contribution is -0.134. The van der Waals surface area contributed by atoms with Crippen molar-refractivity contribution in [2.45, 2.75) is 6.92 Å². The Morgan fingerprint density at radius 2 is 2.14 bits per heavy atom. The van der Waals surface area contributed by atoms with Crippen LogP contribution in [-0.4, -0.2) is 61.8 Å². The van der Waals surface area contributed by atoms with E-state index in [-0.39, 0.29) is 12.5 Å². The minimum absolute atomic E-state index is 0.0621. The molecule has 1 aromatic rings. The Balaban J connectivity index is 1.85. The molecule has 2 N–H and O–H groups in total. The molecule has 2 heterocycles. The minimum Gasteiger partial charge on any atom is -0.480 e. The Bertz CT molecular complexity index is 544. The van der Waals surface area contributed by atoms with Crippen molar-refractivity contribution in [1.82, 2.24) is 15.2 Å². The number of aryl methyl sites for hydroxylation is 1. The van der Waals surface area contributed by atoms with Crippen LogP contribution >= 0.6 is 0 Å². The summed E-state index contributed by atoms with van der Waals surface area (Å²) in [6.07, 6.45) is 1.64. The number of nitrogens with zero attached hydrogens (tertiary/aromatic N) is 2. The van der Waals surface area contributed by atoms with Crippen LogP contribution in [0.4, 0.5) is 10.5 Å². The van der Waals surface area contributed by atoms with E-state index in [1.54, 1.807) is 17.2 Å². The zero-order chi connectivity index (χ0) is 15.9. The van der Waals surface area contributed by atoms with Crippen molar-refractivity contribution in [3.63, 3.8) is 0 Å². The molecule has 0 radical (unpaired) electrons. The summed E-state index contributed by atoms with van der Waals surface area (Å²) in [6, 6.07) is 1.27. The molecule has 1 aliphatic heterocycles. The van der Waals surface area contributed by atoms with Gasteiger partial charge in [-0.3, -0.25) is 4.79 Å². The summed E-state index contributed by atoms with van der Waals surface area (Å²) in [5.41, 5.74) is 1.35. The monoisotopic (exact) mass is 308 g/mol. The number of morpholine rings is 1. The van der Waals surface area contributed by atoms with Crippen LogP contribution in [0.2, 0.25) is 0 Å². The Kier molecular flexibility index (Phi) is 5.54. The average molecular weight is 308 g/mol. The topological polar surface area (TPSA) is 92.8 Å². The Hall–Kier alpha value is -2.35. The second-order valence-corrected chi connectivity index (χ2v) is 4.87. The molecular weight excluding hydrogens is 288 g/mol. The molecule has 0 atom stereocenters. The largest absolute Gasteiger partial charge is 0.480 e. The molecule has 0 spiro atoms. The second kappa shape index (κ2) is 7.60. The van der Waals surface area contributed by atoms with Gasteiger partial charge in [-0.2, -0.15) is 0 Å². The summed E-state index contributed by atoms with van der Waals surface area (Å²) in [7, 11) is 1.47. The summed E-state index contributed by atoms with van der Waals surface area (Å²) in [5.74, 6) is 0.188. The number of aromatic nitrogens is 1. The summed E-state index contributed by atoms with van der Waals surface area (Å²) in [5, 5.41) is 5.16. The Morgan fingerprint density at radius 1 is 1.41 bits per heavy atom. The molecule has 3 amide bonds. The van der Waals surface area contributed by atoms with Gasteiger partial charge < -0.3 is 25.0 Å². The van der Waals surface area contributed by atoms with Crippen LogP contribution in [0.3, 0.4) is 0 Å². The number of hydrogen-bond donors (Lipinski definition) is 2. The average Bonchev–Trinajstić information content (AvgIpc) is 2.53. The molecule has 8 heteroatoms. The van der Waals surface area contributed by atoms with Crippen molar-refractivity contribution in [1.29, 1.82) is 0 Å². The minimum atomic E-state index is -0.479. The number of amides is 3. The Morgan fingerprint density at radius 3 is 2.82 bits per heavy atom. The van der Waals surface area contributed by atoms with Gasteiger partial charge in [-0.25, -0.2) is 9.78 Å². The highest BCUT2D eigenvalue weighted by molar-refractivity contribution is 5.93. The maximum Gasteiger partial charge on any atom is 0.319 e. The van der Waals surface area contributed by atoms with Crippen LogP contribution in [0.25, 0.3) is 0 Å². The van der Waals surface area contributed by atoms with Gasteiger partial charge >= 0.3 is 6.03 Å². The van der Waals surface area contributed by atoms with Crippen LogP contribution in [0, 0.1) is 6.92 Å². The quantitative estimate of drug-likeness (QED) is 0.839. The molecule has 1 fully saturated rings. The number of urea groups is 1. The molecular formula is C14H20N4O4. The summed E-state index contributed by atoms with van der Waals surface area (Å²) in [6.45, 7) is 3.97. The van der Waals surface area contributed by atoms with Crippen molar-refractivity contribution in [3.05, 3.63) is 17.8 Å². The molecule has 0 aromatic carbocycles. The molecule has 1 saturated heterocycles. The lowest BCUT2D eigenvalue weighted by atomic mass is 10.3. The molecule has 0 unspecified atom stereocenters. The van der Waals surface area contributed by atoms with E-state index in [1.807, 2.05) is 6.92 Å². The number of carbonyl (C=O) groups is 2. The number of carbonyl (C=O) groups excluding carboxylic acids is 2. The van der Waals surface area contributed by atoms with E-state index in [9.17, 15) is 9.59 Å². The third-order valence-corrected chi connectivity index (χ3v) is 3.19. The molecule has 2 rings (SSSR count). The van der Waals surface area contributed by atoms with E-state index in [4.69, 9.17) is 9.47 Å². The smallest absolute Gasteiger partial charge is 0.319 e. The molecule has 1 aromatic heterocycles. The zero-order valence-corrected chi connectivity index (χ0v) is 12.7. The van der Waals surface area contributed by atoms with E-state index in [0.717, 1.165) is 5.56 Å². The van der Waals surface area contributed by atoms with Gasteiger partial charge in [-0.15, -0.1) is 0 Å². The van der Waals surface area contributed by atoms with Crippen molar-refractivity contribution >= 4 is 17.6 Å². The van der Waals surface area contributed by atoms with Crippen molar-refractivity contribution in [3.8, 4) is 5.88 Å². The van der Waals surface area contributed by atoms with E-state index < -0.39 is 6.03 Å². The van der Waals surface area contributed by atoms with Gasteiger partial charge in [0.25, 0.3) is 0 Å². The molecule has 0 saturated carbocycles. The van der Waals surface area contributed by atoms with Crippen molar-refractivity contribution in [2.24, 2.45) is 0 Å². The van der Waals surface area contributed by atoms with Crippen LogP contribution < -0.4 is 15.4 Å². The normalized spacial score (nSPS) is 14.4. The van der Waals surface area contributed by atoms with Crippen LogP contribution in [0.1, 0.15) is 5.56 Å². The molecule has 22 heavy (non-hydrogen) atoms. The zero-order valence-electron chi connectivity index (χ0n) is 12.7. The lowest BCUT2D eigenvalue weighted by Crippen LogP contribution is -2.46. The first-order chi connectivity index (χ1) is 10.6. The van der Waals surface area contributed by atoms with Gasteiger partial charge in [0, 0.05) is 19.3 Å². The number of pyridine rings is 1. The predicted octanol–water partition coefficient (Wildman–Crippen LogP) is 0.379. The molecule has 1 aliphatic rings. The summed E-state index contributed by atoms with van der Waals surface area (Å²) < 4.78 is 10.3. The maximum absolute atomic E-state index is 11.9. The van der Waals surface area contributed by atoms with E-state index in [1.165, 1.54) is 7.11 Å². The fraction of sp³-hybridized carbons (Fsp3) is 0.500. The molecule has 120 valence electrons. The number of ether oxygens (including phenoxy) is 2. The molecule has 0 bridgehead atoms. The second-order valence-electron chi connectivity index (χ2n) is 4.87. The van der Waals surface area contributed by atoms with Crippen LogP contribution in [0.5, 0.6) is 5.88 Å². The van der Waals surface area contributed by atoms with Crippen LogP contribution in [0.15, 0.2) is 12.3 Å². The van der Waals surface area contributed by atoms with E-state index >= 15 is 0 Å². The molecule has 0 aliphatic carbocycles. The number of anilines is 1. The highest BCUT2D eigenvalue weighted by atomic mass is 16.5. The van der Waals surface area contributed by atoms with E-state index in [2.05, 4.69) is 15.6 Å². The van der Waals surface area contributed by atoms with Crippen molar-refractivity contribution in [2.75, 3.05) is 45.3 Å². The summed E-state index contributed by atoms with van der Waals surface area (Å²) in [4.78, 5) is 29.5. The lowest BCUT2D eigenvalue weighted by Gasteiger charge is -2.26. The first kappa shape index (κ1) is 16.0. The number of methoxy groups -OCH3 is 1. The third-order valence-electron chi connectivity index (χ3n) is 3.19. The van der Waals surface area contributed by atoms with Gasteiger partial charge in [0.1, 0.15) is 5.69 Å². The first-order valence-corrected chi connectivity index (χ1v) is 7.01. The fourth-order valence-corrected chi connectivity index (χ4v) is 2.06. The predicted molar refractivity (Wildman–Crippen MR) is 79.9 cm³/mol. The van der Waals surface area contributed by atoms with Gasteiger partial charge in [-0.1, -0.05) is 0 Å². The Labute approximate surface area is 128 Å². The highest BCUT2D eigenvalue weighted by Crippen LogP contribution is 2.21. The van der Waals surface area contributed by atoms with Crippen molar-refractivity contribution < 1.29 is 19.1 Å². The molecule has 8 nitrogen and oxygen atoms in total. The van der Waals surface area contributed by atoms with Gasteiger partial charge in [0.05, 0.1) is 26.9 Å². The number of hydrogen-bond acceptors (Lipinski definition) is 5. The standard InChI is InChI=1S/C14H20N4O4/c1-10-7-11(13(21-2)15-8-10)17-14(20)16-9-12(19)18-3-5-22-6-4-18/h7-8H,3-6,9H2,1-2H3,(H2,16,17,20). The van der Waals surface area contributed by atoms with Crippen LogP contribution in [-0.2, 0) is 9.53 Å². The van der Waals surface area contributed by atoms with Gasteiger partial charge in [0.15, 0.2) is 0 Å². The number of rotatable bonds is 4.